The molecular formula is C17H27NO2. The summed E-state index contributed by atoms with van der Waals surface area (Å²) >= 11 is 0. The van der Waals surface area contributed by atoms with Crippen molar-refractivity contribution < 1.29 is 9.47 Å². The number of hydrogen-bond donors (Lipinski definition) is 1. The van der Waals surface area contributed by atoms with Crippen molar-refractivity contribution in [3.8, 4) is 11.5 Å². The van der Waals surface area contributed by atoms with Gasteiger partial charge in [-0.25, -0.2) is 0 Å². The zero-order valence-electron chi connectivity index (χ0n) is 12.9. The van der Waals surface area contributed by atoms with Gasteiger partial charge in [0.2, 0.25) is 0 Å². The van der Waals surface area contributed by atoms with Crippen LogP contribution in [0.15, 0.2) is 24.3 Å². The van der Waals surface area contributed by atoms with Gasteiger partial charge in [-0.1, -0.05) is 20.8 Å². The molecular weight excluding hydrogens is 250 g/mol. The van der Waals surface area contributed by atoms with E-state index in [-0.39, 0.29) is 12.1 Å². The van der Waals surface area contributed by atoms with Crippen LogP contribution in [0, 0.1) is 5.41 Å². The van der Waals surface area contributed by atoms with Gasteiger partial charge in [-0.15, -0.1) is 0 Å². The summed E-state index contributed by atoms with van der Waals surface area (Å²) in [5.74, 6) is 1.78. The minimum Gasteiger partial charge on any atom is -0.494 e. The molecule has 0 radical (unpaired) electrons. The standard InChI is InChI=1S/C17H27NO2/c1-4-11-19-13-5-7-14(8-6-13)20-16-12-17(2,3)10-9-15(16)18/h5-8,15-16H,4,9-12,18H2,1-3H3. The van der Waals surface area contributed by atoms with Gasteiger partial charge in [0.15, 0.2) is 0 Å². The Morgan fingerprint density at radius 3 is 2.50 bits per heavy atom. The molecule has 0 amide bonds. The average molecular weight is 277 g/mol. The van der Waals surface area contributed by atoms with Crippen LogP contribution in [0.5, 0.6) is 11.5 Å². The predicted molar refractivity (Wildman–Crippen MR) is 82.3 cm³/mol. The molecule has 1 saturated carbocycles. The Balaban J connectivity index is 1.95. The lowest BCUT2D eigenvalue weighted by atomic mass is 9.74. The molecule has 3 heteroatoms. The molecule has 0 heterocycles. The first-order valence-corrected chi connectivity index (χ1v) is 7.65. The van der Waals surface area contributed by atoms with Crippen LogP contribution in [0.4, 0.5) is 0 Å². The van der Waals surface area contributed by atoms with Crippen LogP contribution in [-0.4, -0.2) is 18.8 Å². The van der Waals surface area contributed by atoms with Crippen molar-refractivity contribution in [3.05, 3.63) is 24.3 Å². The Labute approximate surface area is 122 Å². The molecule has 3 nitrogen and oxygen atoms in total. The second kappa shape index (κ2) is 6.49. The Hall–Kier alpha value is -1.22. The first-order valence-electron chi connectivity index (χ1n) is 7.65. The summed E-state index contributed by atoms with van der Waals surface area (Å²) in [6.07, 6.45) is 4.36. The van der Waals surface area contributed by atoms with Crippen molar-refractivity contribution in [2.45, 2.75) is 58.6 Å². The van der Waals surface area contributed by atoms with Gasteiger partial charge in [0, 0.05) is 6.04 Å². The SMILES string of the molecule is CCCOc1ccc(OC2CC(C)(C)CCC2N)cc1. The van der Waals surface area contributed by atoms with Gasteiger partial charge in [-0.05, 0) is 55.4 Å². The number of benzene rings is 1. The Morgan fingerprint density at radius 1 is 1.20 bits per heavy atom. The predicted octanol–water partition coefficient (Wildman–Crippen LogP) is 3.76. The van der Waals surface area contributed by atoms with Gasteiger partial charge in [0.05, 0.1) is 6.61 Å². The van der Waals surface area contributed by atoms with Gasteiger partial charge in [-0.3, -0.25) is 0 Å². The summed E-state index contributed by atoms with van der Waals surface area (Å²) < 4.78 is 11.7. The molecule has 2 rings (SSSR count). The molecule has 2 N–H and O–H groups in total. The Morgan fingerprint density at radius 2 is 1.85 bits per heavy atom. The monoisotopic (exact) mass is 277 g/mol. The largest absolute Gasteiger partial charge is 0.494 e. The van der Waals surface area contributed by atoms with Crippen LogP contribution < -0.4 is 15.2 Å². The van der Waals surface area contributed by atoms with Crippen molar-refractivity contribution in [3.63, 3.8) is 0 Å². The van der Waals surface area contributed by atoms with Crippen LogP contribution in [0.1, 0.15) is 46.5 Å². The lowest BCUT2D eigenvalue weighted by molar-refractivity contribution is 0.0668. The van der Waals surface area contributed by atoms with E-state index < -0.39 is 0 Å². The molecule has 0 spiro atoms. The summed E-state index contributed by atoms with van der Waals surface area (Å²) in [6, 6.07) is 8.01. The molecule has 1 aliphatic carbocycles. The van der Waals surface area contributed by atoms with Crippen LogP contribution in [-0.2, 0) is 0 Å². The van der Waals surface area contributed by atoms with Gasteiger partial charge in [0.1, 0.15) is 17.6 Å². The van der Waals surface area contributed by atoms with E-state index in [0.717, 1.165) is 37.4 Å². The second-order valence-corrected chi connectivity index (χ2v) is 6.55. The molecule has 0 aromatic heterocycles. The normalized spacial score (nSPS) is 25.2. The molecule has 2 atom stereocenters. The Kier molecular flexibility index (Phi) is 4.92. The van der Waals surface area contributed by atoms with Gasteiger partial charge < -0.3 is 15.2 Å². The highest BCUT2D eigenvalue weighted by atomic mass is 16.5. The number of rotatable bonds is 5. The van der Waals surface area contributed by atoms with Crippen molar-refractivity contribution in [1.82, 2.24) is 0 Å². The highest BCUT2D eigenvalue weighted by Gasteiger charge is 2.34. The van der Waals surface area contributed by atoms with Crippen molar-refractivity contribution in [2.24, 2.45) is 11.1 Å². The third-order valence-corrected chi connectivity index (χ3v) is 3.97. The molecule has 1 aromatic carbocycles. The van der Waals surface area contributed by atoms with E-state index in [9.17, 15) is 0 Å². The van der Waals surface area contributed by atoms with Crippen molar-refractivity contribution in [1.29, 1.82) is 0 Å². The molecule has 0 bridgehead atoms. The lowest BCUT2D eigenvalue weighted by Gasteiger charge is -2.39. The van der Waals surface area contributed by atoms with E-state index in [2.05, 4.69) is 20.8 Å². The van der Waals surface area contributed by atoms with Gasteiger partial charge >= 0.3 is 0 Å². The third-order valence-electron chi connectivity index (χ3n) is 3.97. The minimum absolute atomic E-state index is 0.112. The number of ether oxygens (including phenoxy) is 2. The molecule has 2 unspecified atom stereocenters. The van der Waals surface area contributed by atoms with E-state index in [4.69, 9.17) is 15.2 Å². The maximum Gasteiger partial charge on any atom is 0.120 e. The summed E-state index contributed by atoms with van der Waals surface area (Å²) in [5.41, 5.74) is 6.52. The first kappa shape index (κ1) is 15.2. The fourth-order valence-corrected chi connectivity index (χ4v) is 2.68. The summed E-state index contributed by atoms with van der Waals surface area (Å²) in [4.78, 5) is 0. The van der Waals surface area contributed by atoms with Crippen LogP contribution >= 0.6 is 0 Å². The summed E-state index contributed by atoms with van der Waals surface area (Å²) in [5, 5.41) is 0. The number of nitrogens with two attached hydrogens (primary N) is 1. The summed E-state index contributed by atoms with van der Waals surface area (Å²) in [6.45, 7) is 7.43. The molecule has 20 heavy (non-hydrogen) atoms. The fourth-order valence-electron chi connectivity index (χ4n) is 2.68. The average Bonchev–Trinajstić information content (AvgIpc) is 2.42. The zero-order chi connectivity index (χ0) is 14.6. The van der Waals surface area contributed by atoms with Crippen LogP contribution in [0.3, 0.4) is 0 Å². The third kappa shape index (κ3) is 4.14. The van der Waals surface area contributed by atoms with E-state index in [1.165, 1.54) is 6.42 Å². The minimum atomic E-state index is 0.112. The van der Waals surface area contributed by atoms with E-state index in [1.54, 1.807) is 0 Å². The highest BCUT2D eigenvalue weighted by molar-refractivity contribution is 5.31. The van der Waals surface area contributed by atoms with E-state index in [1.807, 2.05) is 24.3 Å². The summed E-state index contributed by atoms with van der Waals surface area (Å²) in [7, 11) is 0. The first-order chi connectivity index (χ1) is 9.50. The fraction of sp³-hybridized carbons (Fsp3) is 0.647. The van der Waals surface area contributed by atoms with Crippen LogP contribution in [0.2, 0.25) is 0 Å². The van der Waals surface area contributed by atoms with Gasteiger partial charge in [0.25, 0.3) is 0 Å². The molecule has 0 aliphatic heterocycles. The zero-order valence-corrected chi connectivity index (χ0v) is 12.9. The molecule has 112 valence electrons. The number of hydrogen-bond acceptors (Lipinski definition) is 3. The quantitative estimate of drug-likeness (QED) is 0.891. The highest BCUT2D eigenvalue weighted by Crippen LogP contribution is 2.36. The van der Waals surface area contributed by atoms with E-state index in [0.29, 0.717) is 5.41 Å². The lowest BCUT2D eigenvalue weighted by Crippen LogP contribution is -2.46. The molecule has 1 aromatic rings. The van der Waals surface area contributed by atoms with Crippen LogP contribution in [0.25, 0.3) is 0 Å². The maximum absolute atomic E-state index is 6.19. The maximum atomic E-state index is 6.19. The second-order valence-electron chi connectivity index (χ2n) is 6.55. The van der Waals surface area contributed by atoms with Crippen molar-refractivity contribution in [2.75, 3.05) is 6.61 Å². The van der Waals surface area contributed by atoms with E-state index >= 15 is 0 Å². The van der Waals surface area contributed by atoms with Gasteiger partial charge in [-0.2, -0.15) is 0 Å². The smallest absolute Gasteiger partial charge is 0.120 e. The Bertz CT molecular complexity index is 414. The molecule has 1 fully saturated rings. The molecule has 1 aliphatic rings. The molecule has 0 saturated heterocycles. The topological polar surface area (TPSA) is 44.5 Å². The van der Waals surface area contributed by atoms with Crippen molar-refractivity contribution >= 4 is 0 Å².